The van der Waals surface area contributed by atoms with E-state index in [1.54, 1.807) is 29.2 Å². The maximum Gasteiger partial charge on any atom is 0.152 e. The maximum absolute atomic E-state index is 10.0. The summed E-state index contributed by atoms with van der Waals surface area (Å²) in [6.45, 7) is 1.84. The van der Waals surface area contributed by atoms with Gasteiger partial charge in [-0.15, -0.1) is 0 Å². The molecular formula is C28H28N6O2. The predicted octanol–water partition coefficient (Wildman–Crippen LogP) is 2.92. The van der Waals surface area contributed by atoms with Crippen molar-refractivity contribution in [3.63, 3.8) is 0 Å². The van der Waals surface area contributed by atoms with Gasteiger partial charge in [-0.3, -0.25) is 4.68 Å². The Kier molecular flexibility index (Phi) is 5.59. The first-order chi connectivity index (χ1) is 17.6. The number of anilines is 1. The van der Waals surface area contributed by atoms with Crippen molar-refractivity contribution in [1.82, 2.24) is 19.7 Å². The third-order valence-electron chi connectivity index (χ3n) is 7.69. The number of aromatic hydroxyl groups is 1. The molecule has 2 aliphatic rings. The van der Waals surface area contributed by atoms with E-state index in [0.29, 0.717) is 17.9 Å². The Morgan fingerprint density at radius 1 is 1.11 bits per heavy atom. The van der Waals surface area contributed by atoms with Crippen molar-refractivity contribution in [2.45, 2.75) is 38.5 Å². The largest absolute Gasteiger partial charge is 0.508 e. The minimum absolute atomic E-state index is 0.0643. The summed E-state index contributed by atoms with van der Waals surface area (Å²) in [6.07, 6.45) is 6.36. The van der Waals surface area contributed by atoms with Crippen LogP contribution in [0.1, 0.15) is 41.4 Å². The van der Waals surface area contributed by atoms with Crippen LogP contribution in [0.3, 0.4) is 0 Å². The van der Waals surface area contributed by atoms with Crippen molar-refractivity contribution in [3.8, 4) is 17.6 Å². The molecule has 1 saturated heterocycles. The predicted molar refractivity (Wildman–Crippen MR) is 137 cm³/mol. The van der Waals surface area contributed by atoms with Crippen LogP contribution in [0, 0.1) is 17.3 Å². The summed E-state index contributed by atoms with van der Waals surface area (Å²) < 4.78 is 1.77. The molecule has 36 heavy (non-hydrogen) atoms. The van der Waals surface area contributed by atoms with E-state index in [2.05, 4.69) is 56.1 Å². The quantitative estimate of drug-likeness (QED) is 0.387. The van der Waals surface area contributed by atoms with Crippen molar-refractivity contribution in [2.75, 3.05) is 18.0 Å². The number of aliphatic hydroxyl groups is 1. The third kappa shape index (κ3) is 3.87. The lowest BCUT2D eigenvalue weighted by Gasteiger charge is -2.42. The van der Waals surface area contributed by atoms with E-state index in [4.69, 9.17) is 5.73 Å². The maximum atomic E-state index is 10.0. The second kappa shape index (κ2) is 8.94. The molecule has 1 aliphatic carbocycles. The second-order valence-electron chi connectivity index (χ2n) is 9.73. The molecule has 0 amide bonds. The summed E-state index contributed by atoms with van der Waals surface area (Å²) in [6, 6.07) is 13.7. The average molecular weight is 481 g/mol. The Bertz CT molecular complexity index is 1490. The van der Waals surface area contributed by atoms with E-state index in [1.165, 1.54) is 11.1 Å². The van der Waals surface area contributed by atoms with Crippen LogP contribution in [0.25, 0.3) is 10.9 Å². The highest BCUT2D eigenvalue weighted by Crippen LogP contribution is 2.51. The fourth-order valence-corrected chi connectivity index (χ4v) is 5.73. The fourth-order valence-electron chi connectivity index (χ4n) is 5.73. The van der Waals surface area contributed by atoms with E-state index in [0.717, 1.165) is 49.1 Å². The van der Waals surface area contributed by atoms with Gasteiger partial charge in [-0.2, -0.15) is 5.10 Å². The van der Waals surface area contributed by atoms with Crippen LogP contribution in [0.2, 0.25) is 0 Å². The van der Waals surface area contributed by atoms with Gasteiger partial charge in [0.15, 0.2) is 5.82 Å². The molecule has 4 N–H and O–H groups in total. The number of nitrogens with two attached hydrogens (primary N) is 1. The standard InChI is InChI=1S/C28H28N6O2/c29-26-23-6-2-1-4-19(23)15-28(26)9-12-33(13-10-28)27-24(18-35)32-21(17-30-27)5-3-11-34-25-8-7-22(36)14-20(25)16-31-34/h1-2,4,6-8,14,16-17,26,35-36H,9-13,15,18,29H2/t26-/m1/s1. The van der Waals surface area contributed by atoms with Crippen LogP contribution < -0.4 is 10.6 Å². The summed E-state index contributed by atoms with van der Waals surface area (Å²) >= 11 is 0. The van der Waals surface area contributed by atoms with Crippen molar-refractivity contribution >= 4 is 16.7 Å². The van der Waals surface area contributed by atoms with Gasteiger partial charge in [-0.1, -0.05) is 30.2 Å². The molecule has 1 spiro atoms. The lowest BCUT2D eigenvalue weighted by Crippen LogP contribution is -2.45. The molecule has 0 radical (unpaired) electrons. The molecular weight excluding hydrogens is 452 g/mol. The Hall–Kier alpha value is -3.93. The number of benzene rings is 2. The number of aromatic nitrogens is 4. The lowest BCUT2D eigenvalue weighted by molar-refractivity contribution is 0.186. The Morgan fingerprint density at radius 3 is 2.75 bits per heavy atom. The highest BCUT2D eigenvalue weighted by Gasteiger charge is 2.46. The zero-order valence-electron chi connectivity index (χ0n) is 19.9. The van der Waals surface area contributed by atoms with E-state index >= 15 is 0 Å². The Labute approximate surface area is 209 Å². The normalized spacial score (nSPS) is 18.3. The Morgan fingerprint density at radius 2 is 1.94 bits per heavy atom. The molecule has 3 heterocycles. The van der Waals surface area contributed by atoms with Gasteiger partial charge in [0, 0.05) is 24.5 Å². The highest BCUT2D eigenvalue weighted by atomic mass is 16.3. The number of hydrogen-bond acceptors (Lipinski definition) is 7. The molecule has 6 rings (SSSR count). The van der Waals surface area contributed by atoms with Crippen molar-refractivity contribution in [3.05, 3.63) is 77.4 Å². The fraction of sp³-hybridized carbons (Fsp3) is 0.321. The van der Waals surface area contributed by atoms with Crippen molar-refractivity contribution in [1.29, 1.82) is 0 Å². The van der Waals surface area contributed by atoms with E-state index < -0.39 is 0 Å². The van der Waals surface area contributed by atoms with E-state index in [-0.39, 0.29) is 23.8 Å². The minimum Gasteiger partial charge on any atom is -0.508 e. The molecule has 0 bridgehead atoms. The van der Waals surface area contributed by atoms with E-state index in [1.807, 2.05) is 6.07 Å². The second-order valence-corrected chi connectivity index (χ2v) is 9.73. The van der Waals surface area contributed by atoms with Crippen LogP contribution in [-0.2, 0) is 19.6 Å². The Balaban J connectivity index is 1.15. The monoisotopic (exact) mass is 480 g/mol. The highest BCUT2D eigenvalue weighted by molar-refractivity contribution is 5.80. The summed E-state index contributed by atoms with van der Waals surface area (Å²) in [5.74, 6) is 7.05. The van der Waals surface area contributed by atoms with Crippen LogP contribution in [0.5, 0.6) is 5.75 Å². The average Bonchev–Trinajstić information content (AvgIpc) is 3.42. The molecule has 1 fully saturated rings. The molecule has 182 valence electrons. The summed E-state index contributed by atoms with van der Waals surface area (Å²) in [5, 5.41) is 24.8. The zero-order chi connectivity index (χ0) is 24.7. The van der Waals surface area contributed by atoms with Crippen molar-refractivity contribution in [2.24, 2.45) is 11.1 Å². The van der Waals surface area contributed by atoms with Gasteiger partial charge in [0.1, 0.15) is 23.7 Å². The van der Waals surface area contributed by atoms with Crippen molar-refractivity contribution < 1.29 is 10.2 Å². The minimum atomic E-state index is -0.197. The first-order valence-corrected chi connectivity index (χ1v) is 12.2. The van der Waals surface area contributed by atoms with Gasteiger partial charge in [-0.25, -0.2) is 9.97 Å². The molecule has 2 aromatic heterocycles. The lowest BCUT2D eigenvalue weighted by atomic mass is 9.73. The molecule has 0 saturated carbocycles. The number of fused-ring (bicyclic) bond motifs is 2. The summed E-state index contributed by atoms with van der Waals surface area (Å²) in [5.41, 5.74) is 11.4. The third-order valence-corrected chi connectivity index (χ3v) is 7.69. The molecule has 0 unspecified atom stereocenters. The number of phenolic OH excluding ortho intramolecular Hbond substituents is 1. The van der Waals surface area contributed by atoms with Crippen LogP contribution >= 0.6 is 0 Å². The number of aliphatic hydroxyl groups excluding tert-OH is 1. The van der Waals surface area contributed by atoms with Gasteiger partial charge >= 0.3 is 0 Å². The molecule has 4 aromatic rings. The van der Waals surface area contributed by atoms with Crippen LogP contribution in [0.4, 0.5) is 5.82 Å². The molecule has 1 atom stereocenters. The van der Waals surface area contributed by atoms with Gasteiger partial charge in [0.05, 0.1) is 24.5 Å². The number of rotatable bonds is 3. The molecule has 8 heteroatoms. The van der Waals surface area contributed by atoms with Crippen LogP contribution in [-0.4, -0.2) is 43.1 Å². The zero-order valence-corrected chi connectivity index (χ0v) is 19.9. The van der Waals surface area contributed by atoms with E-state index in [9.17, 15) is 10.2 Å². The summed E-state index contributed by atoms with van der Waals surface area (Å²) in [4.78, 5) is 11.4. The topological polar surface area (TPSA) is 113 Å². The number of piperidine rings is 1. The first-order valence-electron chi connectivity index (χ1n) is 12.2. The first kappa shape index (κ1) is 22.5. The van der Waals surface area contributed by atoms with Gasteiger partial charge in [-0.05, 0) is 59.9 Å². The number of nitrogens with zero attached hydrogens (tertiary/aromatic N) is 5. The molecule has 8 nitrogen and oxygen atoms in total. The van der Waals surface area contributed by atoms with Crippen LogP contribution in [0.15, 0.2) is 54.9 Å². The molecule has 1 aliphatic heterocycles. The van der Waals surface area contributed by atoms with Gasteiger partial charge < -0.3 is 20.8 Å². The summed E-state index contributed by atoms with van der Waals surface area (Å²) in [7, 11) is 0. The molecule has 2 aromatic carbocycles. The number of phenols is 1. The van der Waals surface area contributed by atoms with Gasteiger partial charge in [0.25, 0.3) is 0 Å². The van der Waals surface area contributed by atoms with Gasteiger partial charge in [0.2, 0.25) is 0 Å². The smallest absolute Gasteiger partial charge is 0.152 e. The number of hydrogen-bond donors (Lipinski definition) is 3. The SMILES string of the molecule is N[C@@H]1c2ccccc2CC12CCN(c1ncc(C#CCn3ncc4cc(O)ccc43)nc1CO)CC2.